The fourth-order valence-electron chi connectivity index (χ4n) is 4.60. The Morgan fingerprint density at radius 3 is 2.76 bits per heavy atom. The number of nitrogens with zero attached hydrogens (tertiary/aromatic N) is 4. The maximum absolute atomic E-state index is 6.04. The quantitative estimate of drug-likeness (QED) is 0.580. The molecular weight excluding hydrogens is 416 g/mol. The maximum Gasteiger partial charge on any atom is 0.232 e. The highest BCUT2D eigenvalue weighted by molar-refractivity contribution is 5.58. The lowest BCUT2D eigenvalue weighted by Gasteiger charge is -2.25. The van der Waals surface area contributed by atoms with Crippen LogP contribution in [0.5, 0.6) is 11.5 Å². The molecule has 2 aliphatic heterocycles. The Labute approximate surface area is 194 Å². The molecule has 172 valence electrons. The number of hydrogen-bond acceptors (Lipinski definition) is 8. The molecule has 1 fully saturated rings. The van der Waals surface area contributed by atoms with E-state index in [-0.39, 0.29) is 12.0 Å². The van der Waals surface area contributed by atoms with E-state index in [1.807, 2.05) is 24.3 Å². The van der Waals surface area contributed by atoms with Crippen LogP contribution in [0.2, 0.25) is 0 Å². The Morgan fingerprint density at radius 1 is 1.03 bits per heavy atom. The van der Waals surface area contributed by atoms with Gasteiger partial charge in [-0.25, -0.2) is 0 Å². The lowest BCUT2D eigenvalue weighted by molar-refractivity contribution is 0.241. The SMILES string of the molecule is CCc1ccccc1Nc1nc(N)nc(CN2CCCC2c2ccc3c(c2)OCCCO3)n1. The number of hydrogen-bond donors (Lipinski definition) is 2. The molecule has 8 heteroatoms. The molecule has 0 radical (unpaired) electrons. The minimum atomic E-state index is 0.225. The summed E-state index contributed by atoms with van der Waals surface area (Å²) in [5.74, 6) is 3.03. The summed E-state index contributed by atoms with van der Waals surface area (Å²) < 4.78 is 11.7. The number of nitrogen functional groups attached to an aromatic ring is 1. The van der Waals surface area contributed by atoms with Crippen LogP contribution in [-0.2, 0) is 13.0 Å². The van der Waals surface area contributed by atoms with Crippen LogP contribution in [0.1, 0.15) is 49.2 Å². The molecule has 33 heavy (non-hydrogen) atoms. The van der Waals surface area contributed by atoms with E-state index in [2.05, 4.69) is 50.3 Å². The molecule has 8 nitrogen and oxygen atoms in total. The normalized spacial score (nSPS) is 18.2. The number of nitrogens with two attached hydrogens (primary N) is 1. The van der Waals surface area contributed by atoms with Crippen molar-refractivity contribution >= 4 is 17.6 Å². The molecular formula is C25H30N6O2. The van der Waals surface area contributed by atoms with Crippen molar-refractivity contribution in [1.82, 2.24) is 19.9 Å². The number of para-hydroxylation sites is 1. The van der Waals surface area contributed by atoms with Gasteiger partial charge < -0.3 is 20.5 Å². The first-order valence-corrected chi connectivity index (χ1v) is 11.7. The molecule has 0 saturated carbocycles. The van der Waals surface area contributed by atoms with E-state index in [9.17, 15) is 0 Å². The van der Waals surface area contributed by atoms with Gasteiger partial charge in [0.2, 0.25) is 11.9 Å². The minimum Gasteiger partial charge on any atom is -0.490 e. The summed E-state index contributed by atoms with van der Waals surface area (Å²) >= 11 is 0. The van der Waals surface area contributed by atoms with Gasteiger partial charge in [0.25, 0.3) is 0 Å². The van der Waals surface area contributed by atoms with Gasteiger partial charge in [-0.3, -0.25) is 4.90 Å². The van der Waals surface area contributed by atoms with E-state index in [0.29, 0.717) is 31.5 Å². The van der Waals surface area contributed by atoms with Crippen LogP contribution in [0.25, 0.3) is 0 Å². The topological polar surface area (TPSA) is 98.4 Å². The number of rotatable bonds is 6. The zero-order valence-electron chi connectivity index (χ0n) is 19.0. The molecule has 1 saturated heterocycles. The van der Waals surface area contributed by atoms with E-state index in [1.165, 1.54) is 11.1 Å². The molecule has 0 bridgehead atoms. The highest BCUT2D eigenvalue weighted by Crippen LogP contribution is 2.38. The summed E-state index contributed by atoms with van der Waals surface area (Å²) in [6.45, 7) is 5.09. The molecule has 1 aromatic heterocycles. The van der Waals surface area contributed by atoms with Crippen LogP contribution in [0.3, 0.4) is 0 Å². The summed E-state index contributed by atoms with van der Waals surface area (Å²) in [6.07, 6.45) is 4.02. The van der Waals surface area contributed by atoms with Crippen molar-refractivity contribution in [3.8, 4) is 11.5 Å². The zero-order valence-corrected chi connectivity index (χ0v) is 19.0. The number of nitrogens with one attached hydrogen (secondary N) is 1. The second-order valence-electron chi connectivity index (χ2n) is 8.45. The molecule has 0 aliphatic carbocycles. The van der Waals surface area contributed by atoms with Crippen LogP contribution in [0, 0.1) is 0 Å². The van der Waals surface area contributed by atoms with Crippen molar-refractivity contribution in [1.29, 1.82) is 0 Å². The third-order valence-corrected chi connectivity index (χ3v) is 6.21. The highest BCUT2D eigenvalue weighted by Gasteiger charge is 2.28. The summed E-state index contributed by atoms with van der Waals surface area (Å²) in [5, 5.41) is 3.32. The fraction of sp³-hybridized carbons (Fsp3) is 0.400. The van der Waals surface area contributed by atoms with Gasteiger partial charge in [0, 0.05) is 18.2 Å². The molecule has 0 spiro atoms. The predicted molar refractivity (Wildman–Crippen MR) is 128 cm³/mol. The first-order valence-electron chi connectivity index (χ1n) is 11.7. The Kier molecular flexibility index (Phi) is 6.26. The third-order valence-electron chi connectivity index (χ3n) is 6.21. The number of fused-ring (bicyclic) bond motifs is 1. The Bertz CT molecular complexity index is 1120. The van der Waals surface area contributed by atoms with Crippen LogP contribution < -0.4 is 20.5 Å². The Hall–Kier alpha value is -3.39. The van der Waals surface area contributed by atoms with Crippen molar-refractivity contribution in [3.63, 3.8) is 0 Å². The molecule has 0 amide bonds. The molecule has 3 heterocycles. The number of benzene rings is 2. The molecule has 2 aromatic carbocycles. The van der Waals surface area contributed by atoms with Gasteiger partial charge in [-0.2, -0.15) is 15.0 Å². The van der Waals surface area contributed by atoms with Gasteiger partial charge in [0.15, 0.2) is 11.5 Å². The first-order chi connectivity index (χ1) is 16.2. The highest BCUT2D eigenvalue weighted by atomic mass is 16.5. The standard InChI is InChI=1S/C25H30N6O2/c1-2-17-7-3-4-8-19(17)27-25-29-23(28-24(26)30-25)16-31-12-5-9-20(31)18-10-11-21-22(15-18)33-14-6-13-32-21/h3-4,7-8,10-11,15,20H,2,5-6,9,12-14,16H2,1H3,(H3,26,27,28,29,30). The molecule has 3 aromatic rings. The van der Waals surface area contributed by atoms with Gasteiger partial charge >= 0.3 is 0 Å². The Balaban J connectivity index is 1.35. The van der Waals surface area contributed by atoms with Gasteiger partial charge in [-0.15, -0.1) is 0 Å². The summed E-state index contributed by atoms with van der Waals surface area (Å²) in [7, 11) is 0. The lowest BCUT2D eigenvalue weighted by Crippen LogP contribution is -2.24. The van der Waals surface area contributed by atoms with Crippen molar-refractivity contribution in [2.75, 3.05) is 30.8 Å². The van der Waals surface area contributed by atoms with Crippen molar-refractivity contribution in [2.45, 2.75) is 45.2 Å². The van der Waals surface area contributed by atoms with E-state index < -0.39 is 0 Å². The van der Waals surface area contributed by atoms with Crippen LogP contribution in [0.4, 0.5) is 17.6 Å². The van der Waals surface area contributed by atoms with Crippen LogP contribution in [-0.4, -0.2) is 39.6 Å². The third kappa shape index (κ3) is 4.85. The summed E-state index contributed by atoms with van der Waals surface area (Å²) in [5.41, 5.74) is 9.46. The van der Waals surface area contributed by atoms with Crippen molar-refractivity contribution in [3.05, 3.63) is 59.4 Å². The van der Waals surface area contributed by atoms with Gasteiger partial charge in [-0.1, -0.05) is 31.2 Å². The van der Waals surface area contributed by atoms with E-state index >= 15 is 0 Å². The molecule has 1 unspecified atom stereocenters. The van der Waals surface area contributed by atoms with Gasteiger partial charge in [0.05, 0.1) is 19.8 Å². The smallest absolute Gasteiger partial charge is 0.232 e. The van der Waals surface area contributed by atoms with Gasteiger partial charge in [0.1, 0.15) is 5.82 Å². The van der Waals surface area contributed by atoms with Gasteiger partial charge in [-0.05, 0) is 55.1 Å². The molecule has 5 rings (SSSR count). The summed E-state index contributed by atoms with van der Waals surface area (Å²) in [6, 6.07) is 14.7. The number of aromatic nitrogens is 3. The number of anilines is 3. The number of aryl methyl sites for hydroxylation is 1. The first kappa shape index (κ1) is 21.5. The van der Waals surface area contributed by atoms with Crippen LogP contribution >= 0.6 is 0 Å². The Morgan fingerprint density at radius 2 is 1.88 bits per heavy atom. The minimum absolute atomic E-state index is 0.225. The molecule has 3 N–H and O–H groups in total. The van der Waals surface area contributed by atoms with E-state index in [4.69, 9.17) is 15.2 Å². The molecule has 2 aliphatic rings. The number of ether oxygens (including phenoxy) is 2. The average molecular weight is 447 g/mol. The van der Waals surface area contributed by atoms with Crippen molar-refractivity contribution < 1.29 is 9.47 Å². The maximum atomic E-state index is 6.04. The number of likely N-dealkylation sites (tertiary alicyclic amines) is 1. The molecule has 1 atom stereocenters. The summed E-state index contributed by atoms with van der Waals surface area (Å²) in [4.78, 5) is 15.8. The van der Waals surface area contributed by atoms with E-state index in [1.54, 1.807) is 0 Å². The van der Waals surface area contributed by atoms with Crippen LogP contribution in [0.15, 0.2) is 42.5 Å². The predicted octanol–water partition coefficient (Wildman–Crippen LogP) is 4.26. The zero-order chi connectivity index (χ0) is 22.6. The largest absolute Gasteiger partial charge is 0.490 e. The fourth-order valence-corrected chi connectivity index (χ4v) is 4.60. The van der Waals surface area contributed by atoms with E-state index in [0.717, 1.165) is 49.4 Å². The lowest BCUT2D eigenvalue weighted by atomic mass is 10.0. The average Bonchev–Trinajstić information content (AvgIpc) is 3.14. The monoisotopic (exact) mass is 446 g/mol. The second-order valence-corrected chi connectivity index (χ2v) is 8.45. The van der Waals surface area contributed by atoms with Crippen molar-refractivity contribution in [2.24, 2.45) is 0 Å². The second kappa shape index (κ2) is 9.62.